The molecule has 3 N–H and O–H groups in total. The summed E-state index contributed by atoms with van der Waals surface area (Å²) in [4.78, 5) is 24.2. The molecule has 0 radical (unpaired) electrons. The second kappa shape index (κ2) is 7.17. The first-order chi connectivity index (χ1) is 9.43. The number of anilines is 2. The zero-order valence-electron chi connectivity index (χ0n) is 12.9. The average Bonchev–Trinajstić information content (AvgIpc) is 2.43. The first-order valence-electron chi connectivity index (χ1n) is 7.29. The normalized spacial score (nSPS) is 12.4. The molecule has 1 atom stereocenters. The smallest absolute Gasteiger partial charge is 0.332 e. The molecular weight excluding hydrogens is 256 g/mol. The Hall–Kier alpha value is -1.72. The van der Waals surface area contributed by atoms with Crippen LogP contribution in [0.2, 0.25) is 0 Å². The van der Waals surface area contributed by atoms with Crippen molar-refractivity contribution in [2.75, 3.05) is 11.1 Å². The lowest BCUT2D eigenvalue weighted by molar-refractivity contribution is 0.595. The maximum Gasteiger partial charge on any atom is 0.332 e. The van der Waals surface area contributed by atoms with Crippen LogP contribution in [0.25, 0.3) is 0 Å². The fourth-order valence-corrected chi connectivity index (χ4v) is 2.19. The van der Waals surface area contributed by atoms with E-state index >= 15 is 0 Å². The van der Waals surface area contributed by atoms with Crippen LogP contribution in [-0.2, 0) is 13.6 Å². The number of nitrogens with one attached hydrogen (secondary N) is 1. The van der Waals surface area contributed by atoms with Gasteiger partial charge in [-0.2, -0.15) is 0 Å². The SMILES string of the molecule is CCCCC(C)Nc1c(N)n(CCC)c(=O)n(C)c1=O. The van der Waals surface area contributed by atoms with Gasteiger partial charge in [-0.1, -0.05) is 26.7 Å². The third kappa shape index (κ3) is 3.43. The summed E-state index contributed by atoms with van der Waals surface area (Å²) in [5.41, 5.74) is 5.62. The Labute approximate surface area is 119 Å². The standard InChI is InChI=1S/C14H26N4O2/c1-5-7-8-10(3)16-11-12(15)18(9-6-2)14(20)17(4)13(11)19/h10,16H,5-9,15H2,1-4H3. The predicted octanol–water partition coefficient (Wildman–Crippen LogP) is 1.53. The Morgan fingerprint density at radius 3 is 2.45 bits per heavy atom. The van der Waals surface area contributed by atoms with E-state index in [1.165, 1.54) is 11.6 Å². The number of hydrogen-bond acceptors (Lipinski definition) is 4. The third-order valence-corrected chi connectivity index (χ3v) is 3.41. The number of rotatable bonds is 7. The molecule has 0 bridgehead atoms. The molecule has 114 valence electrons. The molecule has 1 aromatic rings. The van der Waals surface area contributed by atoms with Crippen LogP contribution in [0.15, 0.2) is 9.59 Å². The average molecular weight is 282 g/mol. The first-order valence-corrected chi connectivity index (χ1v) is 7.29. The van der Waals surface area contributed by atoms with Gasteiger partial charge in [0.05, 0.1) is 0 Å². The second-order valence-electron chi connectivity index (χ2n) is 5.25. The molecular formula is C14H26N4O2. The van der Waals surface area contributed by atoms with Gasteiger partial charge in [0.25, 0.3) is 5.56 Å². The van der Waals surface area contributed by atoms with Crippen molar-refractivity contribution in [3.05, 3.63) is 20.8 Å². The Morgan fingerprint density at radius 2 is 1.90 bits per heavy atom. The maximum atomic E-state index is 12.2. The minimum Gasteiger partial charge on any atom is -0.383 e. The summed E-state index contributed by atoms with van der Waals surface area (Å²) in [6.45, 7) is 6.62. The highest BCUT2D eigenvalue weighted by Gasteiger charge is 2.16. The minimum absolute atomic E-state index is 0.150. The first kappa shape index (κ1) is 16.3. The van der Waals surface area contributed by atoms with Crippen molar-refractivity contribution in [1.82, 2.24) is 9.13 Å². The van der Waals surface area contributed by atoms with Crippen LogP contribution in [-0.4, -0.2) is 15.2 Å². The van der Waals surface area contributed by atoms with Gasteiger partial charge in [0.2, 0.25) is 0 Å². The highest BCUT2D eigenvalue weighted by atomic mass is 16.2. The third-order valence-electron chi connectivity index (χ3n) is 3.41. The molecule has 0 aliphatic heterocycles. The van der Waals surface area contributed by atoms with Gasteiger partial charge < -0.3 is 11.1 Å². The lowest BCUT2D eigenvalue weighted by Crippen LogP contribution is -2.41. The van der Waals surface area contributed by atoms with Crippen molar-refractivity contribution in [2.24, 2.45) is 7.05 Å². The summed E-state index contributed by atoms with van der Waals surface area (Å²) in [5.74, 6) is 0.239. The van der Waals surface area contributed by atoms with Gasteiger partial charge in [-0.3, -0.25) is 13.9 Å². The Balaban J connectivity index is 3.19. The van der Waals surface area contributed by atoms with Gasteiger partial charge in [-0.05, 0) is 19.8 Å². The van der Waals surface area contributed by atoms with E-state index in [0.717, 1.165) is 30.3 Å². The highest BCUT2D eigenvalue weighted by molar-refractivity contribution is 5.61. The topological polar surface area (TPSA) is 82.0 Å². The van der Waals surface area contributed by atoms with E-state index < -0.39 is 0 Å². The number of nitrogens with zero attached hydrogens (tertiary/aromatic N) is 2. The van der Waals surface area contributed by atoms with E-state index in [2.05, 4.69) is 12.2 Å². The van der Waals surface area contributed by atoms with Crippen LogP contribution in [0.4, 0.5) is 11.5 Å². The summed E-state index contributed by atoms with van der Waals surface area (Å²) < 4.78 is 2.57. The molecule has 0 saturated carbocycles. The van der Waals surface area contributed by atoms with Crippen molar-refractivity contribution in [1.29, 1.82) is 0 Å². The molecule has 1 heterocycles. The van der Waals surface area contributed by atoms with Gasteiger partial charge in [-0.15, -0.1) is 0 Å². The van der Waals surface area contributed by atoms with E-state index in [1.54, 1.807) is 0 Å². The van der Waals surface area contributed by atoms with Gasteiger partial charge in [0, 0.05) is 19.6 Å². The largest absolute Gasteiger partial charge is 0.383 e. The van der Waals surface area contributed by atoms with Crippen LogP contribution < -0.4 is 22.3 Å². The maximum absolute atomic E-state index is 12.2. The lowest BCUT2D eigenvalue weighted by Gasteiger charge is -2.19. The van der Waals surface area contributed by atoms with Crippen molar-refractivity contribution in [3.8, 4) is 0 Å². The fraction of sp³-hybridized carbons (Fsp3) is 0.714. The quantitative estimate of drug-likeness (QED) is 0.794. The Bertz CT molecular complexity index is 560. The van der Waals surface area contributed by atoms with Gasteiger partial charge >= 0.3 is 5.69 Å². The highest BCUT2D eigenvalue weighted by Crippen LogP contribution is 2.14. The molecule has 0 spiro atoms. The molecule has 6 heteroatoms. The van der Waals surface area contributed by atoms with E-state index in [1.807, 2.05) is 13.8 Å². The number of hydrogen-bond donors (Lipinski definition) is 2. The molecule has 6 nitrogen and oxygen atoms in total. The molecule has 1 aromatic heterocycles. The Kier molecular flexibility index (Phi) is 5.85. The molecule has 0 aliphatic carbocycles. The van der Waals surface area contributed by atoms with Gasteiger partial charge in [0.15, 0.2) is 0 Å². The number of unbranched alkanes of at least 4 members (excludes halogenated alkanes) is 1. The van der Waals surface area contributed by atoms with Gasteiger partial charge in [-0.25, -0.2) is 4.79 Å². The summed E-state index contributed by atoms with van der Waals surface area (Å²) in [6.07, 6.45) is 3.94. The van der Waals surface area contributed by atoms with Gasteiger partial charge in [0.1, 0.15) is 11.5 Å². The molecule has 1 rings (SSSR count). The summed E-state index contributed by atoms with van der Waals surface area (Å²) >= 11 is 0. The van der Waals surface area contributed by atoms with E-state index in [-0.39, 0.29) is 23.1 Å². The van der Waals surface area contributed by atoms with Crippen molar-refractivity contribution in [3.63, 3.8) is 0 Å². The van der Waals surface area contributed by atoms with Crippen molar-refractivity contribution in [2.45, 2.75) is 59.0 Å². The molecule has 20 heavy (non-hydrogen) atoms. The summed E-state index contributed by atoms with van der Waals surface area (Å²) in [5, 5.41) is 3.16. The van der Waals surface area contributed by atoms with E-state index in [4.69, 9.17) is 5.73 Å². The zero-order valence-corrected chi connectivity index (χ0v) is 12.9. The number of nitrogen functional groups attached to an aromatic ring is 1. The van der Waals surface area contributed by atoms with E-state index in [9.17, 15) is 9.59 Å². The summed E-state index contributed by atoms with van der Waals surface area (Å²) in [6, 6.07) is 0.150. The van der Waals surface area contributed by atoms with Crippen molar-refractivity contribution < 1.29 is 0 Å². The molecule has 0 saturated heterocycles. The monoisotopic (exact) mass is 282 g/mol. The van der Waals surface area contributed by atoms with Crippen LogP contribution in [0.5, 0.6) is 0 Å². The van der Waals surface area contributed by atoms with Crippen LogP contribution in [0.1, 0.15) is 46.5 Å². The molecule has 0 fully saturated rings. The molecule has 0 aliphatic rings. The van der Waals surface area contributed by atoms with Crippen LogP contribution >= 0.6 is 0 Å². The minimum atomic E-state index is -0.360. The van der Waals surface area contributed by atoms with Crippen LogP contribution in [0.3, 0.4) is 0 Å². The van der Waals surface area contributed by atoms with E-state index in [0.29, 0.717) is 12.2 Å². The molecule has 0 aromatic carbocycles. The summed E-state index contributed by atoms with van der Waals surface area (Å²) in [7, 11) is 1.48. The second-order valence-corrected chi connectivity index (χ2v) is 5.25. The molecule has 0 amide bonds. The fourth-order valence-electron chi connectivity index (χ4n) is 2.19. The Morgan fingerprint density at radius 1 is 1.25 bits per heavy atom. The number of nitrogens with two attached hydrogens (primary N) is 1. The zero-order chi connectivity index (χ0) is 15.3. The molecule has 1 unspecified atom stereocenters. The number of aromatic nitrogens is 2. The van der Waals surface area contributed by atoms with Crippen LogP contribution in [0, 0.1) is 0 Å². The predicted molar refractivity (Wildman–Crippen MR) is 83.3 cm³/mol. The van der Waals surface area contributed by atoms with Crippen molar-refractivity contribution >= 4 is 11.5 Å². The lowest BCUT2D eigenvalue weighted by atomic mass is 10.1.